The van der Waals surface area contributed by atoms with Crippen molar-refractivity contribution >= 4 is 113 Å². The van der Waals surface area contributed by atoms with Crippen LogP contribution in [0, 0.1) is 11.8 Å². The van der Waals surface area contributed by atoms with E-state index in [1.807, 2.05) is 119 Å². The van der Waals surface area contributed by atoms with Crippen LogP contribution in [0.5, 0.6) is 0 Å². The van der Waals surface area contributed by atoms with Gasteiger partial charge in [-0.05, 0) is 83.9 Å². The van der Waals surface area contributed by atoms with Crippen molar-refractivity contribution in [3.8, 4) is 67.9 Å². The van der Waals surface area contributed by atoms with Crippen LogP contribution in [0.3, 0.4) is 0 Å². The minimum absolute atomic E-state index is 0. The van der Waals surface area contributed by atoms with E-state index in [2.05, 4.69) is 101 Å². The number of nitrogens with one attached hydrogen (secondary N) is 8. The third-order valence-corrected chi connectivity index (χ3v) is 18.7. The number of aromatic nitrogens is 21. The number of hydrogen-bond acceptors (Lipinski definition) is 21. The fourth-order valence-corrected chi connectivity index (χ4v) is 12.6. The molecular weight excluding hydrogens is 1520 g/mol. The Balaban J connectivity index is 0.000000365. The van der Waals surface area contributed by atoms with Crippen LogP contribution in [0.2, 0.25) is 0 Å². The zero-order valence-electron chi connectivity index (χ0n) is 63.1. The molecule has 8 N–H and O–H groups in total. The first-order valence-electron chi connectivity index (χ1n) is 36.7. The van der Waals surface area contributed by atoms with Crippen molar-refractivity contribution in [2.45, 2.75) is 162 Å². The largest absolute Gasteiger partial charge is 0.339 e. The Morgan fingerprint density at radius 3 is 1.04 bits per heavy atom. The Hall–Kier alpha value is -13.8. The molecule has 0 fully saturated rings. The lowest BCUT2D eigenvalue weighted by atomic mass is 10.1. The monoisotopic (exact) mass is 1630 g/mol. The van der Waals surface area contributed by atoms with E-state index in [0.717, 1.165) is 55.2 Å². The van der Waals surface area contributed by atoms with Crippen LogP contribution in [-0.2, 0) is 20.8 Å². The first kappa shape index (κ1) is 98.6. The Labute approximate surface area is 701 Å². The van der Waals surface area contributed by atoms with Gasteiger partial charge in [0.1, 0.15) is 39.4 Å². The summed E-state index contributed by atoms with van der Waals surface area (Å²) >= 11 is 0. The Kier molecular flexibility index (Phi) is 35.7. The number of nitrogens with zero attached hydrogens (tertiary/aromatic N) is 18. The molecule has 0 spiro atoms. The molecule has 15 heterocycles. The zero-order chi connectivity index (χ0) is 78.1. The van der Waals surface area contributed by atoms with Crippen molar-refractivity contribution in [2.75, 3.05) is 49.9 Å². The minimum atomic E-state index is -0.142. The van der Waals surface area contributed by atoms with Crippen LogP contribution >= 0.6 is 0 Å². The van der Waals surface area contributed by atoms with Gasteiger partial charge in [0, 0.05) is 159 Å². The Morgan fingerprint density at radius 2 is 0.717 bits per heavy atom. The standard InChI is InChI=1S/C27H29N9O2.C26H27N9O2.C26H26N8O2.9CH4/c1-5-36(6-2)27(38)20-13-29-14-21-23(20)33-26(32-21)24-19-9-17(11-30-25(19)35-34-24)16-8-18(12-28-10-16)31-22(37)7-15(3)4;1-5-35(6-2)26(37)19-12-28-13-20-21(19)32-24(31-20)22-18-8-16(10-29-23(18)34-33-22)15-7-17(11-27-9-15)30-25(36)14(3)4;1-4-18(35)10-17-8-7-15(11-28-17)16-9-19-23(32-33-24(19)29-12-16)25-30-21-14-27-13-20(22(21)31-25)26(36)34(5-2)6-3;;;;;;;;;/h8-15H,5-7H2,1-4H3,(H,31,37)(H,32,33)(H,30,34,35);7-14H,5-6H2,1-4H3,(H,30,36)(H,31,32)(H,29,33,34);7-9,11-14H,4-6,10H2,1-3H3,(H,30,31)(H,29,32,33);9*1H4. The number of H-pyrrole nitrogens is 6. The van der Waals surface area contributed by atoms with E-state index in [4.69, 9.17) is 15.0 Å². The molecule has 0 bridgehead atoms. The van der Waals surface area contributed by atoms with E-state index in [0.29, 0.717) is 171 Å². The third-order valence-electron chi connectivity index (χ3n) is 18.7. The fraction of sp³-hybridized carbons (Fsp3) is 0.352. The lowest BCUT2D eigenvalue weighted by Crippen LogP contribution is -2.30. The van der Waals surface area contributed by atoms with E-state index < -0.39 is 0 Å². The predicted molar refractivity (Wildman–Crippen MR) is 483 cm³/mol. The Morgan fingerprint density at radius 1 is 0.383 bits per heavy atom. The normalized spacial score (nSPS) is 10.5. The molecule has 0 atom stereocenters. The van der Waals surface area contributed by atoms with Gasteiger partial charge < -0.3 is 40.3 Å². The predicted octanol–water partition coefficient (Wildman–Crippen LogP) is 18.1. The highest BCUT2D eigenvalue weighted by Gasteiger charge is 2.26. The van der Waals surface area contributed by atoms with Gasteiger partial charge in [0.15, 0.2) is 34.4 Å². The number of rotatable bonds is 23. The second kappa shape index (κ2) is 43.4. The molecule has 0 aromatic carbocycles. The van der Waals surface area contributed by atoms with Crippen molar-refractivity contribution in [1.82, 2.24) is 120 Å². The smallest absolute Gasteiger partial charge is 0.257 e. The van der Waals surface area contributed by atoms with Gasteiger partial charge >= 0.3 is 0 Å². The summed E-state index contributed by atoms with van der Waals surface area (Å²) < 4.78 is 0. The van der Waals surface area contributed by atoms with Crippen molar-refractivity contribution in [2.24, 2.45) is 11.8 Å². The summed E-state index contributed by atoms with van der Waals surface area (Å²) in [4.78, 5) is 144. The molecule has 0 aliphatic heterocycles. The third kappa shape index (κ3) is 20.9. The topological polar surface area (TPSA) is 424 Å². The second-order valence-corrected chi connectivity index (χ2v) is 26.8. The zero-order valence-corrected chi connectivity index (χ0v) is 63.1. The molecule has 15 rings (SSSR count). The summed E-state index contributed by atoms with van der Waals surface area (Å²) in [7, 11) is 0. The quantitative estimate of drug-likeness (QED) is 0.0295. The summed E-state index contributed by atoms with van der Waals surface area (Å²) in [6.45, 7) is 24.8. The highest BCUT2D eigenvalue weighted by Crippen LogP contribution is 2.35. The number of fused-ring (bicyclic) bond motifs is 6. The number of imidazole rings is 3. The maximum Gasteiger partial charge on any atom is 0.257 e. The molecule has 636 valence electrons. The molecule has 0 aliphatic carbocycles. The first-order valence-corrected chi connectivity index (χ1v) is 36.7. The van der Waals surface area contributed by atoms with Gasteiger partial charge in [0.2, 0.25) is 11.8 Å². The molecule has 0 saturated carbocycles. The van der Waals surface area contributed by atoms with Crippen molar-refractivity contribution in [1.29, 1.82) is 0 Å². The van der Waals surface area contributed by atoms with Gasteiger partial charge in [0.25, 0.3) is 17.7 Å². The number of aromatic amines is 6. The lowest BCUT2D eigenvalue weighted by molar-refractivity contribution is -0.119. The number of Topliss-reactive ketones (excluding diaryl/α,β-unsaturated/α-hetero) is 1. The lowest BCUT2D eigenvalue weighted by Gasteiger charge is -2.18. The molecular formula is C88H118N26O6. The molecule has 32 nitrogen and oxygen atoms in total. The fourth-order valence-electron chi connectivity index (χ4n) is 12.6. The highest BCUT2D eigenvalue weighted by molar-refractivity contribution is 6.08. The SMILES string of the molecule is C.C.C.C.C.C.C.C.C.CCC(=O)Cc1ccc(-c2cnc3n[nH]c(-c4nc5c(C(=O)N(CC)CC)cncc5[nH]4)c3c2)cn1.CCN(CC)C(=O)c1cncc2[nH]c(-c3[nH]nc4ncc(-c5cncc(NC(=O)C(C)C)c5)cc34)nc12.CCN(CC)C(=O)c1cncc2[nH]c(-c3[nH]nc4ncc(-c5cncc(NC(=O)CC(C)C)c5)cc34)nc12. The molecule has 15 aromatic rings. The molecule has 0 saturated heterocycles. The van der Waals surface area contributed by atoms with Crippen LogP contribution in [0.25, 0.3) is 134 Å². The average molecular weight is 1640 g/mol. The van der Waals surface area contributed by atoms with E-state index in [1.165, 1.54) is 0 Å². The molecule has 120 heavy (non-hydrogen) atoms. The molecule has 0 unspecified atom stereocenters. The second-order valence-electron chi connectivity index (χ2n) is 26.8. The summed E-state index contributed by atoms with van der Waals surface area (Å²) in [5, 5.41) is 30.1. The van der Waals surface area contributed by atoms with E-state index in [9.17, 15) is 28.8 Å². The number of carbonyl (C=O) groups excluding carboxylic acids is 6. The van der Waals surface area contributed by atoms with E-state index in [-0.39, 0.29) is 114 Å². The minimum Gasteiger partial charge on any atom is -0.339 e. The summed E-state index contributed by atoms with van der Waals surface area (Å²) in [5.41, 5.74) is 15.4. The Bertz CT molecular complexity index is 5960. The molecule has 0 aliphatic rings. The number of carbonyl (C=O) groups is 6. The maximum absolute atomic E-state index is 13.0. The first-order chi connectivity index (χ1) is 53.8. The van der Waals surface area contributed by atoms with Gasteiger partial charge in [-0.25, -0.2) is 29.9 Å². The maximum atomic E-state index is 13.0. The van der Waals surface area contributed by atoms with Crippen molar-refractivity contribution < 1.29 is 28.8 Å². The van der Waals surface area contributed by atoms with E-state index >= 15 is 0 Å². The molecule has 15 aromatic heterocycles. The van der Waals surface area contributed by atoms with E-state index in [1.54, 1.807) is 101 Å². The van der Waals surface area contributed by atoms with Gasteiger partial charge in [-0.3, -0.25) is 74.0 Å². The number of amides is 5. The number of hydrogen-bond donors (Lipinski definition) is 8. The van der Waals surface area contributed by atoms with Gasteiger partial charge in [-0.15, -0.1) is 0 Å². The average Bonchev–Trinajstić information content (AvgIpc) is 1.63. The number of pyridine rings is 9. The van der Waals surface area contributed by atoms with Gasteiger partial charge in [-0.1, -0.05) is 108 Å². The van der Waals surface area contributed by atoms with Crippen LogP contribution in [-0.4, -0.2) is 195 Å². The highest BCUT2D eigenvalue weighted by atomic mass is 16.2. The van der Waals surface area contributed by atoms with Crippen molar-refractivity contribution in [3.63, 3.8) is 0 Å². The summed E-state index contributed by atoms with van der Waals surface area (Å²) in [6.07, 6.45) is 24.5. The molecule has 32 heteroatoms. The van der Waals surface area contributed by atoms with Crippen LogP contribution in [0.1, 0.15) is 193 Å². The summed E-state index contributed by atoms with van der Waals surface area (Å²) in [6, 6.07) is 13.4. The number of ketones is 1. The van der Waals surface area contributed by atoms with Crippen LogP contribution < -0.4 is 10.6 Å². The summed E-state index contributed by atoms with van der Waals surface area (Å²) in [5.74, 6) is 1.40. The molecule has 0 radical (unpaired) electrons. The van der Waals surface area contributed by atoms with Crippen LogP contribution in [0.4, 0.5) is 11.4 Å². The number of anilines is 2. The van der Waals surface area contributed by atoms with Gasteiger partial charge in [0.05, 0.1) is 91.8 Å². The van der Waals surface area contributed by atoms with Crippen LogP contribution in [0.15, 0.2) is 129 Å². The molecule has 5 amide bonds. The van der Waals surface area contributed by atoms with Gasteiger partial charge in [-0.2, -0.15) is 15.3 Å². The van der Waals surface area contributed by atoms with Crippen molar-refractivity contribution in [3.05, 3.63) is 152 Å².